The Labute approximate surface area is 146 Å². The van der Waals surface area contributed by atoms with Crippen LogP contribution in [-0.2, 0) is 4.74 Å². The summed E-state index contributed by atoms with van der Waals surface area (Å²) >= 11 is 0. The highest BCUT2D eigenvalue weighted by atomic mass is 16.6. The summed E-state index contributed by atoms with van der Waals surface area (Å²) < 4.78 is 5.35. The monoisotopic (exact) mass is 320 g/mol. The molecule has 0 radical (unpaired) electrons. The molecule has 126 valence electrons. The minimum absolute atomic E-state index is 0.351. The highest BCUT2D eigenvalue weighted by Gasteiger charge is 2.24. The number of epoxide rings is 1. The van der Waals surface area contributed by atoms with Crippen LogP contribution in [0.15, 0.2) is 48.5 Å². The summed E-state index contributed by atoms with van der Waals surface area (Å²) in [6.45, 7) is 3.20. The van der Waals surface area contributed by atoms with Crippen LogP contribution in [0.5, 0.6) is 0 Å². The van der Waals surface area contributed by atoms with Gasteiger partial charge in [0.1, 0.15) is 6.10 Å². The molecule has 2 aromatic carbocycles. The van der Waals surface area contributed by atoms with Gasteiger partial charge in [0, 0.05) is 0 Å². The molecular weight excluding hydrogens is 292 g/mol. The van der Waals surface area contributed by atoms with Crippen molar-refractivity contribution in [2.75, 3.05) is 6.61 Å². The van der Waals surface area contributed by atoms with E-state index < -0.39 is 0 Å². The largest absolute Gasteiger partial charge is 0.368 e. The van der Waals surface area contributed by atoms with Crippen LogP contribution in [0, 0.1) is 5.92 Å². The highest BCUT2D eigenvalue weighted by Crippen LogP contribution is 2.38. The first kappa shape index (κ1) is 15.9. The predicted octanol–water partition coefficient (Wildman–Crippen LogP) is 6.50. The quantitative estimate of drug-likeness (QED) is 0.573. The minimum Gasteiger partial charge on any atom is -0.368 e. The predicted molar refractivity (Wildman–Crippen MR) is 100 cm³/mol. The topological polar surface area (TPSA) is 12.5 Å². The summed E-state index contributed by atoms with van der Waals surface area (Å²) in [5, 5.41) is 0. The Balaban J connectivity index is 1.41. The second kappa shape index (κ2) is 7.11. The van der Waals surface area contributed by atoms with E-state index in [4.69, 9.17) is 4.74 Å². The lowest BCUT2D eigenvalue weighted by atomic mass is 9.77. The molecule has 0 aromatic heterocycles. The smallest absolute Gasteiger partial charge is 0.106 e. The Hall–Kier alpha value is -1.60. The second-order valence-corrected chi connectivity index (χ2v) is 7.57. The van der Waals surface area contributed by atoms with Crippen LogP contribution in [0.3, 0.4) is 0 Å². The normalized spacial score (nSPS) is 26.3. The lowest BCUT2D eigenvalue weighted by molar-refractivity contribution is 0.308. The molecule has 4 rings (SSSR count). The highest BCUT2D eigenvalue weighted by molar-refractivity contribution is 5.64. The molecule has 2 fully saturated rings. The third kappa shape index (κ3) is 3.57. The summed E-state index contributed by atoms with van der Waals surface area (Å²) in [6, 6.07) is 18.2. The molecule has 2 aromatic rings. The lowest BCUT2D eigenvalue weighted by Gasteiger charge is -2.28. The fraction of sp³-hybridized carbons (Fsp3) is 0.478. The molecule has 2 aliphatic rings. The zero-order valence-corrected chi connectivity index (χ0v) is 14.7. The van der Waals surface area contributed by atoms with Gasteiger partial charge in [0.25, 0.3) is 0 Å². The van der Waals surface area contributed by atoms with Crippen LogP contribution in [0.4, 0.5) is 0 Å². The summed E-state index contributed by atoms with van der Waals surface area (Å²) in [5.74, 6) is 1.76. The molecule has 1 heterocycles. The molecule has 1 heteroatoms. The number of rotatable bonds is 5. The van der Waals surface area contributed by atoms with E-state index in [1.54, 1.807) is 0 Å². The molecule has 24 heavy (non-hydrogen) atoms. The molecule has 0 spiro atoms. The maximum absolute atomic E-state index is 5.35. The summed E-state index contributed by atoms with van der Waals surface area (Å²) in [7, 11) is 0. The number of hydrogen-bond donors (Lipinski definition) is 0. The van der Waals surface area contributed by atoms with E-state index in [2.05, 4.69) is 55.5 Å². The van der Waals surface area contributed by atoms with Crippen LogP contribution >= 0.6 is 0 Å². The van der Waals surface area contributed by atoms with E-state index in [9.17, 15) is 0 Å². The van der Waals surface area contributed by atoms with Crippen molar-refractivity contribution in [3.05, 3.63) is 59.7 Å². The molecule has 1 aliphatic carbocycles. The molecule has 0 N–H and O–H groups in total. The van der Waals surface area contributed by atoms with E-state index in [0.29, 0.717) is 6.10 Å². The van der Waals surface area contributed by atoms with Gasteiger partial charge in [-0.15, -0.1) is 0 Å². The number of ether oxygens (including phenoxy) is 1. The van der Waals surface area contributed by atoms with Crippen molar-refractivity contribution < 1.29 is 4.74 Å². The Morgan fingerprint density at radius 1 is 0.792 bits per heavy atom. The fourth-order valence-corrected chi connectivity index (χ4v) is 4.27. The molecule has 1 unspecified atom stereocenters. The van der Waals surface area contributed by atoms with E-state index >= 15 is 0 Å². The Morgan fingerprint density at radius 2 is 1.33 bits per heavy atom. The van der Waals surface area contributed by atoms with Gasteiger partial charge in [0.2, 0.25) is 0 Å². The standard InChI is InChI=1S/C23H28O/c1-2-3-17-4-6-18(7-5-17)19-8-10-20(11-9-19)21-12-14-22(15-13-21)23-16-24-23/h8-15,17-18,23H,2-7,16H2,1H3. The van der Waals surface area contributed by atoms with Crippen LogP contribution in [-0.4, -0.2) is 6.61 Å². The van der Waals surface area contributed by atoms with E-state index in [1.165, 1.54) is 60.8 Å². The first-order valence-electron chi connectivity index (χ1n) is 9.65. The van der Waals surface area contributed by atoms with E-state index in [0.717, 1.165) is 18.4 Å². The maximum Gasteiger partial charge on any atom is 0.106 e. The zero-order valence-electron chi connectivity index (χ0n) is 14.7. The fourth-order valence-electron chi connectivity index (χ4n) is 4.27. The van der Waals surface area contributed by atoms with Crippen LogP contribution in [0.2, 0.25) is 0 Å². The molecule has 1 atom stereocenters. The lowest BCUT2D eigenvalue weighted by Crippen LogP contribution is -2.13. The SMILES string of the molecule is CCCC1CCC(c2ccc(-c3ccc(C4CO4)cc3)cc2)CC1. The van der Waals surface area contributed by atoms with Gasteiger partial charge in [-0.2, -0.15) is 0 Å². The van der Waals surface area contributed by atoms with Crippen molar-refractivity contribution in [2.24, 2.45) is 5.92 Å². The van der Waals surface area contributed by atoms with Gasteiger partial charge in [0.15, 0.2) is 0 Å². The molecular formula is C23H28O. The van der Waals surface area contributed by atoms with E-state index in [-0.39, 0.29) is 0 Å². The molecule has 1 saturated carbocycles. The molecule has 0 amide bonds. The third-order valence-corrected chi connectivity index (χ3v) is 5.87. The van der Waals surface area contributed by atoms with Crippen molar-refractivity contribution in [3.63, 3.8) is 0 Å². The number of benzene rings is 2. The second-order valence-electron chi connectivity index (χ2n) is 7.57. The van der Waals surface area contributed by atoms with Gasteiger partial charge in [-0.25, -0.2) is 0 Å². The molecule has 1 nitrogen and oxygen atoms in total. The Morgan fingerprint density at radius 3 is 1.83 bits per heavy atom. The number of hydrogen-bond acceptors (Lipinski definition) is 1. The molecule has 1 saturated heterocycles. The molecule has 1 aliphatic heterocycles. The average Bonchev–Trinajstić information content (AvgIpc) is 3.48. The van der Waals surface area contributed by atoms with Gasteiger partial charge in [-0.3, -0.25) is 0 Å². The first-order valence-corrected chi connectivity index (χ1v) is 9.65. The third-order valence-electron chi connectivity index (χ3n) is 5.87. The average molecular weight is 320 g/mol. The van der Waals surface area contributed by atoms with E-state index in [1.807, 2.05) is 0 Å². The van der Waals surface area contributed by atoms with Crippen molar-refractivity contribution in [1.82, 2.24) is 0 Å². The Bertz CT molecular complexity index is 643. The minimum atomic E-state index is 0.351. The van der Waals surface area contributed by atoms with Gasteiger partial charge < -0.3 is 4.74 Å². The first-order chi connectivity index (χ1) is 11.8. The van der Waals surface area contributed by atoms with Crippen molar-refractivity contribution >= 4 is 0 Å². The van der Waals surface area contributed by atoms with Crippen molar-refractivity contribution in [1.29, 1.82) is 0 Å². The van der Waals surface area contributed by atoms with Crippen LogP contribution in [0.25, 0.3) is 11.1 Å². The zero-order chi connectivity index (χ0) is 16.4. The van der Waals surface area contributed by atoms with Crippen LogP contribution in [0.1, 0.15) is 68.6 Å². The van der Waals surface area contributed by atoms with Crippen molar-refractivity contribution in [3.8, 4) is 11.1 Å². The summed E-state index contributed by atoms with van der Waals surface area (Å²) in [6.07, 6.45) is 8.71. The van der Waals surface area contributed by atoms with Crippen molar-refractivity contribution in [2.45, 2.75) is 57.5 Å². The van der Waals surface area contributed by atoms with Crippen LogP contribution < -0.4 is 0 Å². The summed E-state index contributed by atoms with van der Waals surface area (Å²) in [4.78, 5) is 0. The van der Waals surface area contributed by atoms with Gasteiger partial charge >= 0.3 is 0 Å². The van der Waals surface area contributed by atoms with Gasteiger partial charge in [-0.1, -0.05) is 68.3 Å². The Kier molecular flexibility index (Phi) is 4.71. The van der Waals surface area contributed by atoms with Gasteiger partial charge in [-0.05, 0) is 59.8 Å². The maximum atomic E-state index is 5.35. The summed E-state index contributed by atoms with van der Waals surface area (Å²) in [5.41, 5.74) is 5.47. The van der Waals surface area contributed by atoms with Gasteiger partial charge in [0.05, 0.1) is 6.61 Å². The molecule has 0 bridgehead atoms.